The molecule has 0 aromatic rings. The molecular weight excluding hydrogens is 242 g/mol. The van der Waals surface area contributed by atoms with Crippen molar-refractivity contribution in [3.63, 3.8) is 0 Å². The highest BCUT2D eigenvalue weighted by Gasteiger charge is 2.15. The Hall–Kier alpha value is -0.0500. The zero-order valence-corrected chi connectivity index (χ0v) is 11.3. The number of hydrogen-bond donors (Lipinski definition) is 1. The lowest BCUT2D eigenvalue weighted by Gasteiger charge is -2.17. The first kappa shape index (κ1) is 13.9. The van der Waals surface area contributed by atoms with E-state index in [0.29, 0.717) is 11.2 Å². The molecule has 0 spiro atoms. The lowest BCUT2D eigenvalue weighted by molar-refractivity contribution is -0.122. The number of hydrogen-bond acceptors (Lipinski definition) is 1. The van der Waals surface area contributed by atoms with Gasteiger partial charge in [0.15, 0.2) is 0 Å². The van der Waals surface area contributed by atoms with Gasteiger partial charge in [-0.25, -0.2) is 0 Å². The smallest absolute Gasteiger partial charge is 0.220 e. The second-order valence-electron chi connectivity index (χ2n) is 4.88. The normalized spacial score (nSPS) is 13.8. The summed E-state index contributed by atoms with van der Waals surface area (Å²) in [6, 6.07) is 0. The minimum Gasteiger partial charge on any atom is -0.356 e. The molecule has 0 saturated heterocycles. The second-order valence-corrected chi connectivity index (χ2v) is 6.18. The molecule has 1 N–H and O–H groups in total. The largest absolute Gasteiger partial charge is 0.356 e. The molecule has 0 saturated carbocycles. The predicted octanol–water partition coefficient (Wildman–Crippen LogP) is 3.10. The molecule has 0 aromatic carbocycles. The van der Waals surface area contributed by atoms with E-state index in [0.717, 1.165) is 19.4 Å². The molecule has 0 aromatic heterocycles. The summed E-state index contributed by atoms with van der Waals surface area (Å²) in [4.78, 5) is 11.9. The van der Waals surface area contributed by atoms with Crippen LogP contribution in [0.4, 0.5) is 0 Å². The number of amides is 1. The molecule has 0 aliphatic carbocycles. The number of nitrogens with one attached hydrogen (secondary N) is 1. The van der Waals surface area contributed by atoms with Crippen LogP contribution in [0.3, 0.4) is 0 Å². The second kappa shape index (κ2) is 6.44. The molecule has 0 bridgehead atoms. The van der Waals surface area contributed by atoms with Gasteiger partial charge in [-0.1, -0.05) is 43.6 Å². The third-order valence-electron chi connectivity index (χ3n) is 1.91. The highest BCUT2D eigenvalue weighted by Crippen LogP contribution is 2.17. The fraction of sp³-hybridized carbons (Fsp3) is 0.909. The summed E-state index contributed by atoms with van der Waals surface area (Å²) in [5.41, 5.74) is 0.0860. The molecule has 1 atom stereocenters. The maximum absolute atomic E-state index is 11.4. The first-order chi connectivity index (χ1) is 6.35. The van der Waals surface area contributed by atoms with Crippen molar-refractivity contribution >= 4 is 21.8 Å². The Bertz CT molecular complexity index is 175. The Morgan fingerprint density at radius 1 is 1.43 bits per heavy atom. The number of halogens is 1. The van der Waals surface area contributed by atoms with E-state index < -0.39 is 0 Å². The van der Waals surface area contributed by atoms with E-state index in [1.54, 1.807) is 0 Å². The van der Waals surface area contributed by atoms with Gasteiger partial charge in [-0.3, -0.25) is 4.79 Å². The third kappa shape index (κ3) is 8.54. The van der Waals surface area contributed by atoms with Crippen LogP contribution in [-0.2, 0) is 4.79 Å². The van der Waals surface area contributed by atoms with Gasteiger partial charge in [0.05, 0.1) is 0 Å². The Morgan fingerprint density at radius 3 is 2.43 bits per heavy atom. The molecule has 0 radical (unpaired) electrons. The standard InChI is InChI=1S/C11H22BrNO/c1-5-9(12)6-7-13-10(14)8-11(2,3)4/h9H,5-8H2,1-4H3,(H,13,14). The van der Waals surface area contributed by atoms with Crippen molar-refractivity contribution in [3.8, 4) is 0 Å². The molecule has 1 amide bonds. The van der Waals surface area contributed by atoms with Crippen LogP contribution in [0.2, 0.25) is 0 Å². The minimum atomic E-state index is 0.0860. The van der Waals surface area contributed by atoms with Crippen LogP contribution in [0.15, 0.2) is 0 Å². The van der Waals surface area contributed by atoms with Gasteiger partial charge >= 0.3 is 0 Å². The van der Waals surface area contributed by atoms with Crippen molar-refractivity contribution in [3.05, 3.63) is 0 Å². The number of carbonyl (C=O) groups excluding carboxylic acids is 1. The van der Waals surface area contributed by atoms with E-state index in [1.165, 1.54) is 0 Å². The van der Waals surface area contributed by atoms with Crippen molar-refractivity contribution in [2.75, 3.05) is 6.54 Å². The molecule has 0 aliphatic rings. The summed E-state index contributed by atoms with van der Waals surface area (Å²) in [5.74, 6) is 0.160. The summed E-state index contributed by atoms with van der Waals surface area (Å²) in [6.07, 6.45) is 2.72. The molecule has 3 heteroatoms. The maximum Gasteiger partial charge on any atom is 0.220 e. The quantitative estimate of drug-likeness (QED) is 0.759. The van der Waals surface area contributed by atoms with E-state index in [-0.39, 0.29) is 11.3 Å². The summed E-state index contributed by atoms with van der Waals surface area (Å²) in [6.45, 7) is 9.14. The highest BCUT2D eigenvalue weighted by molar-refractivity contribution is 9.09. The zero-order valence-electron chi connectivity index (χ0n) is 9.69. The van der Waals surface area contributed by atoms with Gasteiger partial charge in [-0.2, -0.15) is 0 Å². The minimum absolute atomic E-state index is 0.0860. The van der Waals surface area contributed by atoms with E-state index in [9.17, 15) is 4.79 Å². The average Bonchev–Trinajstić information content (AvgIpc) is 2.00. The molecular formula is C11H22BrNO. The Kier molecular flexibility index (Phi) is 6.41. The van der Waals surface area contributed by atoms with Gasteiger partial charge in [-0.05, 0) is 18.3 Å². The van der Waals surface area contributed by atoms with Gasteiger partial charge in [-0.15, -0.1) is 0 Å². The maximum atomic E-state index is 11.4. The molecule has 0 heterocycles. The molecule has 0 rings (SSSR count). The molecule has 2 nitrogen and oxygen atoms in total. The Morgan fingerprint density at radius 2 is 2.00 bits per heavy atom. The Labute approximate surface area is 96.0 Å². The number of alkyl halides is 1. The summed E-state index contributed by atoms with van der Waals surface area (Å²) in [5, 5.41) is 2.94. The van der Waals surface area contributed by atoms with Crippen LogP contribution in [0, 0.1) is 5.41 Å². The lowest BCUT2D eigenvalue weighted by Crippen LogP contribution is -2.29. The lowest BCUT2D eigenvalue weighted by atomic mass is 9.92. The van der Waals surface area contributed by atoms with E-state index in [2.05, 4.69) is 48.9 Å². The van der Waals surface area contributed by atoms with Crippen molar-refractivity contribution < 1.29 is 4.79 Å². The van der Waals surface area contributed by atoms with Crippen LogP contribution < -0.4 is 5.32 Å². The SMILES string of the molecule is CCC(Br)CCNC(=O)CC(C)(C)C. The average molecular weight is 264 g/mol. The molecule has 14 heavy (non-hydrogen) atoms. The van der Waals surface area contributed by atoms with Crippen LogP contribution >= 0.6 is 15.9 Å². The van der Waals surface area contributed by atoms with Gasteiger partial charge in [0.2, 0.25) is 5.91 Å². The fourth-order valence-corrected chi connectivity index (χ4v) is 1.35. The molecule has 0 aliphatic heterocycles. The van der Waals surface area contributed by atoms with Crippen molar-refractivity contribution in [1.82, 2.24) is 5.32 Å². The first-order valence-electron chi connectivity index (χ1n) is 5.26. The van der Waals surface area contributed by atoms with Crippen LogP contribution in [0.5, 0.6) is 0 Å². The number of carbonyl (C=O) groups is 1. The van der Waals surface area contributed by atoms with Gasteiger partial charge in [0, 0.05) is 17.8 Å². The van der Waals surface area contributed by atoms with Gasteiger partial charge < -0.3 is 5.32 Å². The van der Waals surface area contributed by atoms with E-state index in [4.69, 9.17) is 0 Å². The van der Waals surface area contributed by atoms with E-state index in [1.807, 2.05) is 0 Å². The van der Waals surface area contributed by atoms with Crippen LogP contribution in [-0.4, -0.2) is 17.3 Å². The fourth-order valence-electron chi connectivity index (χ4n) is 1.12. The predicted molar refractivity (Wildman–Crippen MR) is 64.7 cm³/mol. The van der Waals surface area contributed by atoms with Crippen LogP contribution in [0.1, 0.15) is 47.0 Å². The first-order valence-corrected chi connectivity index (χ1v) is 6.17. The highest BCUT2D eigenvalue weighted by atomic mass is 79.9. The van der Waals surface area contributed by atoms with Crippen molar-refractivity contribution in [2.45, 2.75) is 51.8 Å². The van der Waals surface area contributed by atoms with Gasteiger partial charge in [0.1, 0.15) is 0 Å². The summed E-state index contributed by atoms with van der Waals surface area (Å²) < 4.78 is 0. The number of rotatable bonds is 5. The van der Waals surface area contributed by atoms with E-state index >= 15 is 0 Å². The monoisotopic (exact) mass is 263 g/mol. The van der Waals surface area contributed by atoms with Gasteiger partial charge in [0.25, 0.3) is 0 Å². The topological polar surface area (TPSA) is 29.1 Å². The van der Waals surface area contributed by atoms with Crippen molar-refractivity contribution in [1.29, 1.82) is 0 Å². The van der Waals surface area contributed by atoms with Crippen LogP contribution in [0.25, 0.3) is 0 Å². The summed E-state index contributed by atoms with van der Waals surface area (Å²) in [7, 11) is 0. The third-order valence-corrected chi connectivity index (χ3v) is 3.02. The summed E-state index contributed by atoms with van der Waals surface area (Å²) >= 11 is 3.54. The molecule has 84 valence electrons. The molecule has 0 fully saturated rings. The zero-order chi connectivity index (χ0) is 11.2. The Balaban J connectivity index is 3.55. The molecule has 1 unspecified atom stereocenters. The van der Waals surface area contributed by atoms with Crippen molar-refractivity contribution in [2.24, 2.45) is 5.41 Å².